The zero-order valence-electron chi connectivity index (χ0n) is 17.1. The Morgan fingerprint density at radius 3 is 2.69 bits per heavy atom. The second kappa shape index (κ2) is 7.48. The normalized spacial score (nSPS) is 17.7. The smallest absolute Gasteiger partial charge is 0.157 e. The topological polar surface area (TPSA) is 35.5 Å². The summed E-state index contributed by atoms with van der Waals surface area (Å²) in [6.07, 6.45) is 8.57. The van der Waals surface area contributed by atoms with Crippen LogP contribution < -0.4 is 9.80 Å². The van der Waals surface area contributed by atoms with Crippen molar-refractivity contribution in [3.63, 3.8) is 0 Å². The first-order chi connectivity index (χ1) is 14.2. The van der Waals surface area contributed by atoms with E-state index in [-0.39, 0.29) is 0 Å². The average Bonchev–Trinajstić information content (AvgIpc) is 2.75. The lowest BCUT2D eigenvalue weighted by atomic mass is 10.0. The van der Waals surface area contributed by atoms with E-state index in [1.807, 2.05) is 6.20 Å². The molecule has 0 unspecified atom stereocenters. The Morgan fingerprint density at radius 2 is 1.83 bits per heavy atom. The van der Waals surface area contributed by atoms with E-state index in [9.17, 15) is 0 Å². The third-order valence-corrected chi connectivity index (χ3v) is 6.15. The van der Waals surface area contributed by atoms with E-state index in [1.54, 1.807) is 0 Å². The van der Waals surface area contributed by atoms with Crippen LogP contribution in [-0.4, -0.2) is 41.0 Å². The monoisotopic (exact) mass is 385 g/mol. The Kier molecular flexibility index (Phi) is 4.68. The lowest BCUT2D eigenvalue weighted by Gasteiger charge is -2.40. The quantitative estimate of drug-likeness (QED) is 0.671. The number of pyridine rings is 2. The lowest BCUT2D eigenvalue weighted by molar-refractivity contribution is 0.205. The van der Waals surface area contributed by atoms with Crippen LogP contribution in [0.4, 0.5) is 11.5 Å². The molecule has 0 atom stereocenters. The molecule has 29 heavy (non-hydrogen) atoms. The predicted molar refractivity (Wildman–Crippen MR) is 119 cm³/mol. The first-order valence-corrected chi connectivity index (χ1v) is 10.4. The number of likely N-dealkylation sites (tertiary alicyclic amines) is 1. The number of rotatable bonds is 3. The summed E-state index contributed by atoms with van der Waals surface area (Å²) in [5, 5.41) is 1.27. The summed E-state index contributed by atoms with van der Waals surface area (Å²) in [5.41, 5.74) is 4.71. The zero-order valence-corrected chi connectivity index (χ0v) is 17.1. The summed E-state index contributed by atoms with van der Waals surface area (Å²) in [4.78, 5) is 16.5. The maximum Gasteiger partial charge on any atom is 0.157 e. The highest BCUT2D eigenvalue weighted by atomic mass is 15.3. The highest BCUT2D eigenvalue weighted by Gasteiger charge is 2.28. The number of piperidine rings is 1. The van der Waals surface area contributed by atoms with Crippen molar-refractivity contribution in [1.82, 2.24) is 14.9 Å². The Labute approximate surface area is 172 Å². The molecule has 2 aliphatic heterocycles. The van der Waals surface area contributed by atoms with E-state index in [4.69, 9.17) is 4.98 Å². The molecule has 5 rings (SSSR count). The van der Waals surface area contributed by atoms with Crippen molar-refractivity contribution in [2.45, 2.75) is 32.4 Å². The van der Waals surface area contributed by atoms with Crippen LogP contribution in [0.5, 0.6) is 0 Å². The van der Waals surface area contributed by atoms with Gasteiger partial charge in [-0.1, -0.05) is 18.2 Å². The summed E-state index contributed by atoms with van der Waals surface area (Å²) in [7, 11) is 2.09. The molecule has 1 saturated heterocycles. The number of aryl methyl sites for hydroxylation is 1. The van der Waals surface area contributed by atoms with Gasteiger partial charge in [0.25, 0.3) is 0 Å². The van der Waals surface area contributed by atoms with E-state index < -0.39 is 0 Å². The highest BCUT2D eigenvalue weighted by Crippen LogP contribution is 2.34. The van der Waals surface area contributed by atoms with Crippen molar-refractivity contribution in [1.29, 1.82) is 0 Å². The molecule has 148 valence electrons. The van der Waals surface area contributed by atoms with Gasteiger partial charge in [0.15, 0.2) is 5.82 Å². The number of aromatic nitrogens is 2. The average molecular weight is 386 g/mol. The third-order valence-electron chi connectivity index (χ3n) is 6.15. The molecular formula is C24H27N5. The van der Waals surface area contributed by atoms with Crippen molar-refractivity contribution >= 4 is 22.4 Å². The minimum Gasteiger partial charge on any atom is -0.347 e. The van der Waals surface area contributed by atoms with Gasteiger partial charge in [0.1, 0.15) is 0 Å². The number of hydrogen-bond donors (Lipinski definition) is 0. The standard InChI is InChI=1S/C24H27N5/c1-18-7-8-23-24(26-18)29(16-15-27(23)2)20-10-13-28(14-11-20)17-19-9-12-25-22-6-4-3-5-21(19)22/h3-9,12,15-16,20H,10-11,13-14,17H2,1-2H3. The number of hydrogen-bond acceptors (Lipinski definition) is 5. The summed E-state index contributed by atoms with van der Waals surface area (Å²) in [6.45, 7) is 5.26. The van der Waals surface area contributed by atoms with Gasteiger partial charge in [0, 0.05) is 62.4 Å². The van der Waals surface area contributed by atoms with E-state index in [0.29, 0.717) is 6.04 Å². The molecule has 1 fully saturated rings. The SMILES string of the molecule is Cc1ccc2c(n1)N(C1CCN(Cc3ccnc4ccccc34)CC1)C=CN2C. The molecule has 2 aliphatic rings. The molecule has 3 aromatic rings. The number of para-hydroxylation sites is 1. The van der Waals surface area contributed by atoms with Crippen LogP contribution in [0.25, 0.3) is 10.9 Å². The summed E-state index contributed by atoms with van der Waals surface area (Å²) in [6, 6.07) is 15.4. The summed E-state index contributed by atoms with van der Waals surface area (Å²) < 4.78 is 0. The van der Waals surface area contributed by atoms with Crippen molar-refractivity contribution in [3.05, 3.63) is 72.3 Å². The fourth-order valence-corrected chi connectivity index (χ4v) is 4.51. The van der Waals surface area contributed by atoms with Gasteiger partial charge in [-0.2, -0.15) is 0 Å². The molecule has 0 aliphatic carbocycles. The van der Waals surface area contributed by atoms with E-state index in [2.05, 4.69) is 88.5 Å². The molecule has 0 N–H and O–H groups in total. The Balaban J connectivity index is 1.30. The predicted octanol–water partition coefficient (Wildman–Crippen LogP) is 4.33. The van der Waals surface area contributed by atoms with Gasteiger partial charge in [-0.3, -0.25) is 9.88 Å². The first-order valence-electron chi connectivity index (χ1n) is 10.4. The van der Waals surface area contributed by atoms with Gasteiger partial charge >= 0.3 is 0 Å². The Bertz CT molecular complexity index is 1050. The van der Waals surface area contributed by atoms with E-state index >= 15 is 0 Å². The van der Waals surface area contributed by atoms with Crippen LogP contribution in [0.2, 0.25) is 0 Å². The molecule has 2 aromatic heterocycles. The van der Waals surface area contributed by atoms with Crippen LogP contribution in [-0.2, 0) is 6.54 Å². The fourth-order valence-electron chi connectivity index (χ4n) is 4.51. The van der Waals surface area contributed by atoms with Gasteiger partial charge in [-0.25, -0.2) is 4.98 Å². The van der Waals surface area contributed by atoms with Crippen LogP contribution in [0.15, 0.2) is 61.1 Å². The summed E-state index contributed by atoms with van der Waals surface area (Å²) in [5.74, 6) is 1.09. The molecule has 5 heteroatoms. The third kappa shape index (κ3) is 3.47. The Morgan fingerprint density at radius 1 is 1.00 bits per heavy atom. The zero-order chi connectivity index (χ0) is 19.8. The van der Waals surface area contributed by atoms with Crippen molar-refractivity contribution in [2.24, 2.45) is 0 Å². The van der Waals surface area contributed by atoms with Gasteiger partial charge in [0.05, 0.1) is 11.2 Å². The van der Waals surface area contributed by atoms with Crippen LogP contribution in [0.1, 0.15) is 24.1 Å². The molecule has 4 heterocycles. The van der Waals surface area contributed by atoms with Crippen LogP contribution in [0, 0.1) is 6.92 Å². The molecule has 0 amide bonds. The fraction of sp³-hybridized carbons (Fsp3) is 0.333. The second-order valence-electron chi connectivity index (χ2n) is 8.11. The van der Waals surface area contributed by atoms with Gasteiger partial charge in [-0.15, -0.1) is 0 Å². The highest BCUT2D eigenvalue weighted by molar-refractivity contribution is 5.81. The van der Waals surface area contributed by atoms with Gasteiger partial charge in [-0.05, 0) is 49.6 Å². The Hall–Kier alpha value is -2.92. The maximum atomic E-state index is 4.85. The van der Waals surface area contributed by atoms with E-state index in [1.165, 1.54) is 16.6 Å². The minimum atomic E-state index is 0.499. The summed E-state index contributed by atoms with van der Waals surface area (Å²) >= 11 is 0. The lowest BCUT2D eigenvalue weighted by Crippen LogP contribution is -2.44. The largest absolute Gasteiger partial charge is 0.347 e. The van der Waals surface area contributed by atoms with Crippen molar-refractivity contribution in [2.75, 3.05) is 29.9 Å². The van der Waals surface area contributed by atoms with Crippen molar-refractivity contribution in [3.8, 4) is 0 Å². The molecule has 5 nitrogen and oxygen atoms in total. The number of fused-ring (bicyclic) bond motifs is 2. The molecule has 0 spiro atoms. The number of nitrogens with zero attached hydrogens (tertiary/aromatic N) is 5. The molecule has 0 saturated carbocycles. The molecular weight excluding hydrogens is 358 g/mol. The molecule has 0 bridgehead atoms. The second-order valence-corrected chi connectivity index (χ2v) is 8.11. The number of benzene rings is 1. The molecule has 0 radical (unpaired) electrons. The van der Waals surface area contributed by atoms with Crippen LogP contribution >= 0.6 is 0 Å². The first kappa shape index (κ1) is 18.1. The maximum absolute atomic E-state index is 4.85. The molecule has 1 aromatic carbocycles. The minimum absolute atomic E-state index is 0.499. The van der Waals surface area contributed by atoms with Gasteiger partial charge < -0.3 is 9.80 Å². The van der Waals surface area contributed by atoms with E-state index in [0.717, 1.165) is 49.5 Å². The van der Waals surface area contributed by atoms with Gasteiger partial charge in [0.2, 0.25) is 0 Å². The van der Waals surface area contributed by atoms with Crippen LogP contribution in [0.3, 0.4) is 0 Å². The van der Waals surface area contributed by atoms with Crippen molar-refractivity contribution < 1.29 is 0 Å². The number of anilines is 2.